The molecule has 0 saturated carbocycles. The monoisotopic (exact) mass is 259 g/mol. The molecule has 0 unspecified atom stereocenters. The summed E-state index contributed by atoms with van der Waals surface area (Å²) in [6, 6.07) is 18.6. The van der Waals surface area contributed by atoms with Crippen LogP contribution in [-0.4, -0.2) is 6.04 Å². The number of hydrogen-bond donors (Lipinski definition) is 1. The zero-order valence-corrected chi connectivity index (χ0v) is 11.3. The highest BCUT2D eigenvalue weighted by molar-refractivity contribution is 6.30. The lowest BCUT2D eigenvalue weighted by molar-refractivity contribution is 0.565. The van der Waals surface area contributed by atoms with Crippen LogP contribution in [0, 0.1) is 0 Å². The van der Waals surface area contributed by atoms with Gasteiger partial charge < -0.3 is 5.73 Å². The Balaban J connectivity index is 2.19. The van der Waals surface area contributed by atoms with E-state index in [2.05, 4.69) is 43.3 Å². The van der Waals surface area contributed by atoms with Crippen molar-refractivity contribution >= 4 is 11.6 Å². The summed E-state index contributed by atoms with van der Waals surface area (Å²) in [5.74, 6) is 0.340. The number of hydrogen-bond acceptors (Lipinski definition) is 1. The minimum absolute atomic E-state index is 0.128. The lowest BCUT2D eigenvalue weighted by atomic mass is 9.87. The van der Waals surface area contributed by atoms with Crippen LogP contribution in [0.3, 0.4) is 0 Å². The molecule has 0 radical (unpaired) electrons. The van der Waals surface area contributed by atoms with Gasteiger partial charge in [0.2, 0.25) is 0 Å². The van der Waals surface area contributed by atoms with Gasteiger partial charge in [-0.1, -0.05) is 54.1 Å². The number of rotatable bonds is 4. The Kier molecular flexibility index (Phi) is 4.40. The Bertz CT molecular complexity index is 476. The van der Waals surface area contributed by atoms with Gasteiger partial charge in [-0.15, -0.1) is 0 Å². The van der Waals surface area contributed by atoms with Crippen molar-refractivity contribution in [2.75, 3.05) is 0 Å². The molecule has 0 aliphatic carbocycles. The third-order valence-corrected chi connectivity index (χ3v) is 3.48. The molecule has 0 fully saturated rings. The van der Waals surface area contributed by atoms with Crippen molar-refractivity contribution in [3.63, 3.8) is 0 Å². The van der Waals surface area contributed by atoms with E-state index in [-0.39, 0.29) is 6.04 Å². The Morgan fingerprint density at radius 2 is 1.61 bits per heavy atom. The second kappa shape index (κ2) is 6.03. The van der Waals surface area contributed by atoms with E-state index in [9.17, 15) is 0 Å². The van der Waals surface area contributed by atoms with Crippen LogP contribution in [0.1, 0.15) is 24.0 Å². The molecule has 2 aromatic carbocycles. The molecule has 0 amide bonds. The minimum atomic E-state index is 0.128. The van der Waals surface area contributed by atoms with Gasteiger partial charge in [0.15, 0.2) is 0 Å². The zero-order valence-electron chi connectivity index (χ0n) is 10.5. The Morgan fingerprint density at radius 3 is 2.17 bits per heavy atom. The first-order chi connectivity index (χ1) is 8.66. The molecule has 0 aromatic heterocycles. The summed E-state index contributed by atoms with van der Waals surface area (Å²) in [5.41, 5.74) is 8.68. The van der Waals surface area contributed by atoms with Crippen molar-refractivity contribution in [1.82, 2.24) is 0 Å². The molecule has 0 bridgehead atoms. The third kappa shape index (κ3) is 3.34. The molecule has 2 rings (SSSR count). The van der Waals surface area contributed by atoms with E-state index in [1.54, 1.807) is 0 Å². The maximum absolute atomic E-state index is 6.12. The summed E-state index contributed by atoms with van der Waals surface area (Å²) in [5, 5.41) is 0.774. The van der Waals surface area contributed by atoms with Crippen LogP contribution in [0.4, 0.5) is 0 Å². The summed E-state index contributed by atoms with van der Waals surface area (Å²) >= 11 is 5.90. The van der Waals surface area contributed by atoms with Gasteiger partial charge in [0.25, 0.3) is 0 Å². The molecule has 0 saturated heterocycles. The Morgan fingerprint density at radius 1 is 1.00 bits per heavy atom. The maximum atomic E-state index is 6.12. The van der Waals surface area contributed by atoms with Crippen LogP contribution in [-0.2, 0) is 6.42 Å². The minimum Gasteiger partial charge on any atom is -0.327 e. The first-order valence-electron chi connectivity index (χ1n) is 6.22. The summed E-state index contributed by atoms with van der Waals surface area (Å²) in [4.78, 5) is 0. The second-order valence-corrected chi connectivity index (χ2v) is 5.14. The molecule has 2 atom stereocenters. The fourth-order valence-electron chi connectivity index (χ4n) is 2.18. The van der Waals surface area contributed by atoms with Crippen molar-refractivity contribution in [3.05, 3.63) is 70.7 Å². The predicted octanol–water partition coefficient (Wildman–Crippen LogP) is 4.01. The summed E-state index contributed by atoms with van der Waals surface area (Å²) in [6.07, 6.45) is 0.943. The molecular formula is C16H18ClN. The van der Waals surface area contributed by atoms with Crippen LogP contribution >= 0.6 is 11.6 Å². The topological polar surface area (TPSA) is 26.0 Å². The molecule has 0 heterocycles. The largest absolute Gasteiger partial charge is 0.327 e. The highest BCUT2D eigenvalue weighted by atomic mass is 35.5. The van der Waals surface area contributed by atoms with Crippen LogP contribution in [0.25, 0.3) is 0 Å². The molecule has 0 aliphatic rings. The van der Waals surface area contributed by atoms with E-state index in [4.69, 9.17) is 17.3 Å². The van der Waals surface area contributed by atoms with Crippen molar-refractivity contribution in [3.8, 4) is 0 Å². The van der Waals surface area contributed by atoms with Crippen molar-refractivity contribution in [2.24, 2.45) is 5.73 Å². The quantitative estimate of drug-likeness (QED) is 0.882. The third-order valence-electron chi connectivity index (χ3n) is 3.23. The first-order valence-corrected chi connectivity index (χ1v) is 6.59. The number of benzene rings is 2. The standard InChI is InChI=1S/C16H18ClN/c1-12(18)16(14-5-3-2-4-6-14)11-13-7-9-15(17)10-8-13/h2-10,12,16H,11,18H2,1H3/t12-,16-/m0/s1. The van der Waals surface area contributed by atoms with Gasteiger partial charge in [-0.2, -0.15) is 0 Å². The van der Waals surface area contributed by atoms with Gasteiger partial charge in [-0.05, 0) is 36.6 Å². The van der Waals surface area contributed by atoms with Crippen molar-refractivity contribution in [2.45, 2.75) is 25.3 Å². The molecule has 2 aromatic rings. The van der Waals surface area contributed by atoms with E-state index >= 15 is 0 Å². The fraction of sp³-hybridized carbons (Fsp3) is 0.250. The van der Waals surface area contributed by atoms with Crippen LogP contribution in [0.2, 0.25) is 5.02 Å². The van der Waals surface area contributed by atoms with E-state index in [1.165, 1.54) is 11.1 Å². The lowest BCUT2D eigenvalue weighted by Crippen LogP contribution is -2.26. The first kappa shape index (κ1) is 13.1. The predicted molar refractivity (Wildman–Crippen MR) is 78.0 cm³/mol. The fourth-order valence-corrected chi connectivity index (χ4v) is 2.31. The van der Waals surface area contributed by atoms with E-state index in [1.807, 2.05) is 18.2 Å². The molecule has 1 nitrogen and oxygen atoms in total. The SMILES string of the molecule is C[C@H](N)[C@H](Cc1ccc(Cl)cc1)c1ccccc1. The van der Waals surface area contributed by atoms with E-state index < -0.39 is 0 Å². The van der Waals surface area contributed by atoms with Gasteiger partial charge >= 0.3 is 0 Å². The van der Waals surface area contributed by atoms with Gasteiger partial charge in [0.1, 0.15) is 0 Å². The van der Waals surface area contributed by atoms with E-state index in [0.717, 1.165) is 11.4 Å². The zero-order chi connectivity index (χ0) is 13.0. The lowest BCUT2D eigenvalue weighted by Gasteiger charge is -2.21. The molecule has 0 aliphatic heterocycles. The number of nitrogens with two attached hydrogens (primary N) is 1. The summed E-state index contributed by atoms with van der Waals surface area (Å²) in [6.45, 7) is 2.06. The van der Waals surface area contributed by atoms with Gasteiger partial charge in [0.05, 0.1) is 0 Å². The van der Waals surface area contributed by atoms with Crippen LogP contribution in [0.5, 0.6) is 0 Å². The van der Waals surface area contributed by atoms with Crippen LogP contribution in [0.15, 0.2) is 54.6 Å². The highest BCUT2D eigenvalue weighted by Crippen LogP contribution is 2.24. The Labute approximate surface area is 114 Å². The average molecular weight is 260 g/mol. The second-order valence-electron chi connectivity index (χ2n) is 4.71. The Hall–Kier alpha value is -1.31. The smallest absolute Gasteiger partial charge is 0.0406 e. The molecule has 0 spiro atoms. The van der Waals surface area contributed by atoms with E-state index in [0.29, 0.717) is 5.92 Å². The van der Waals surface area contributed by atoms with Crippen LogP contribution < -0.4 is 5.73 Å². The van der Waals surface area contributed by atoms with Crippen molar-refractivity contribution < 1.29 is 0 Å². The molecule has 94 valence electrons. The number of halogens is 1. The van der Waals surface area contributed by atoms with Gasteiger partial charge in [0, 0.05) is 17.0 Å². The normalized spacial score (nSPS) is 14.2. The van der Waals surface area contributed by atoms with Crippen molar-refractivity contribution in [1.29, 1.82) is 0 Å². The highest BCUT2D eigenvalue weighted by Gasteiger charge is 2.16. The molecule has 18 heavy (non-hydrogen) atoms. The molecular weight excluding hydrogens is 242 g/mol. The molecule has 2 N–H and O–H groups in total. The maximum Gasteiger partial charge on any atom is 0.0406 e. The van der Waals surface area contributed by atoms with Gasteiger partial charge in [-0.25, -0.2) is 0 Å². The molecule has 2 heteroatoms. The summed E-state index contributed by atoms with van der Waals surface area (Å²) in [7, 11) is 0. The summed E-state index contributed by atoms with van der Waals surface area (Å²) < 4.78 is 0. The van der Waals surface area contributed by atoms with Gasteiger partial charge in [-0.3, -0.25) is 0 Å². The average Bonchev–Trinajstić information content (AvgIpc) is 2.38.